The summed E-state index contributed by atoms with van der Waals surface area (Å²) in [5.41, 5.74) is 4.30. The van der Waals surface area contributed by atoms with Crippen molar-refractivity contribution in [3.05, 3.63) is 114 Å². The first kappa shape index (κ1) is 45.0. The van der Waals surface area contributed by atoms with Gasteiger partial charge < -0.3 is 44.6 Å². The molecule has 0 radical (unpaired) electrons. The van der Waals surface area contributed by atoms with Gasteiger partial charge in [-0.2, -0.15) is 0 Å². The van der Waals surface area contributed by atoms with E-state index in [1.165, 1.54) is 13.2 Å². The zero-order valence-electron chi connectivity index (χ0n) is 37.7. The van der Waals surface area contributed by atoms with Crippen LogP contribution in [0, 0.1) is 11.7 Å². The van der Waals surface area contributed by atoms with E-state index in [-0.39, 0.29) is 35.9 Å². The molecular weight excluding hydrogens is 858 g/mol. The molecule has 3 fully saturated rings. The number of benzene rings is 3. The van der Waals surface area contributed by atoms with Crippen molar-refractivity contribution >= 4 is 34.8 Å². The minimum Gasteiger partial charge on any atom is -0.453 e. The van der Waals surface area contributed by atoms with Gasteiger partial charge in [0.2, 0.25) is 5.91 Å². The smallest absolute Gasteiger partial charge is 0.408 e. The van der Waals surface area contributed by atoms with Gasteiger partial charge in [-0.25, -0.2) is 23.9 Å². The molecule has 3 aromatic carbocycles. The number of alkyl carbamates (subject to hydrolysis) is 2. The maximum Gasteiger partial charge on any atom is 0.408 e. The van der Waals surface area contributed by atoms with Crippen LogP contribution >= 0.6 is 0 Å². The number of nitrogens with one attached hydrogen (secondary N) is 4. The number of nitrogens with zero attached hydrogens (tertiary/aromatic N) is 5. The summed E-state index contributed by atoms with van der Waals surface area (Å²) >= 11 is 0. The maximum absolute atomic E-state index is 16.0. The Labute approximate surface area is 387 Å². The van der Waals surface area contributed by atoms with Crippen LogP contribution in [0.5, 0.6) is 0 Å². The Balaban J connectivity index is 0.874. The summed E-state index contributed by atoms with van der Waals surface area (Å²) in [5.74, 6) is 0.207. The number of H-pyrrole nitrogens is 2. The number of ether oxygens (including phenoxy) is 3. The number of aromatic amines is 2. The van der Waals surface area contributed by atoms with Gasteiger partial charge >= 0.3 is 12.2 Å². The average molecular weight is 912 g/mol. The zero-order valence-corrected chi connectivity index (χ0v) is 37.7. The van der Waals surface area contributed by atoms with Crippen LogP contribution in [0.2, 0.25) is 0 Å². The molecule has 3 aromatic heterocycles. The van der Waals surface area contributed by atoms with Crippen LogP contribution in [-0.4, -0.2) is 104 Å². The van der Waals surface area contributed by atoms with E-state index in [9.17, 15) is 19.2 Å². The number of hydrogen-bond donors (Lipinski definition) is 4. The fourth-order valence-electron chi connectivity index (χ4n) is 9.36. The molecule has 0 bridgehead atoms. The summed E-state index contributed by atoms with van der Waals surface area (Å²) in [6.45, 7) is 5.84. The predicted molar refractivity (Wildman–Crippen MR) is 246 cm³/mol. The number of pyridine rings is 1. The quantitative estimate of drug-likeness (QED) is 0.0930. The molecule has 16 nitrogen and oxygen atoms in total. The van der Waals surface area contributed by atoms with E-state index in [0.29, 0.717) is 85.3 Å². The molecule has 4 atom stereocenters. The maximum atomic E-state index is 16.0. The summed E-state index contributed by atoms with van der Waals surface area (Å²) in [6.07, 6.45) is 7.71. The molecular formula is C50H54FN9O7. The second-order valence-corrected chi connectivity index (χ2v) is 17.6. The number of halogens is 1. The number of amides is 4. The van der Waals surface area contributed by atoms with Crippen molar-refractivity contribution in [2.75, 3.05) is 33.4 Å². The lowest BCUT2D eigenvalue weighted by molar-refractivity contribution is -0.136. The third kappa shape index (κ3) is 9.73. The van der Waals surface area contributed by atoms with Crippen molar-refractivity contribution in [1.29, 1.82) is 0 Å². The van der Waals surface area contributed by atoms with E-state index in [2.05, 4.69) is 35.6 Å². The number of fused-ring (bicyclic) bond motifs is 1. The van der Waals surface area contributed by atoms with Crippen molar-refractivity contribution in [3.63, 3.8) is 0 Å². The molecule has 4 N–H and O–H groups in total. The van der Waals surface area contributed by atoms with E-state index < -0.39 is 30.1 Å². The molecule has 6 heterocycles. The molecule has 0 spiro atoms. The summed E-state index contributed by atoms with van der Waals surface area (Å²) < 4.78 is 31.8. The Hall–Kier alpha value is -7.14. The van der Waals surface area contributed by atoms with Crippen LogP contribution in [0.1, 0.15) is 87.7 Å². The molecule has 0 saturated carbocycles. The highest BCUT2D eigenvalue weighted by Crippen LogP contribution is 2.37. The Kier molecular flexibility index (Phi) is 13.3. The molecule has 17 heteroatoms. The van der Waals surface area contributed by atoms with Crippen LogP contribution < -0.4 is 10.6 Å². The first-order chi connectivity index (χ1) is 32.5. The molecule has 4 amide bonds. The lowest BCUT2D eigenvalue weighted by Gasteiger charge is -2.30. The average Bonchev–Trinajstić information content (AvgIpc) is 4.20. The van der Waals surface area contributed by atoms with Gasteiger partial charge in [0.1, 0.15) is 35.7 Å². The van der Waals surface area contributed by atoms with E-state index >= 15 is 4.39 Å². The third-order valence-corrected chi connectivity index (χ3v) is 13.0. The van der Waals surface area contributed by atoms with Gasteiger partial charge in [-0.3, -0.25) is 14.6 Å². The summed E-state index contributed by atoms with van der Waals surface area (Å²) in [4.78, 5) is 77.2. The van der Waals surface area contributed by atoms with Crippen molar-refractivity contribution in [2.24, 2.45) is 5.92 Å². The highest BCUT2D eigenvalue weighted by Gasteiger charge is 2.39. The van der Waals surface area contributed by atoms with Crippen LogP contribution in [0.4, 0.5) is 14.0 Å². The Morgan fingerprint density at radius 3 is 2.01 bits per heavy atom. The van der Waals surface area contributed by atoms with Gasteiger partial charge in [0.25, 0.3) is 5.91 Å². The minimum absolute atomic E-state index is 0.138. The highest BCUT2D eigenvalue weighted by atomic mass is 19.1. The number of carbonyl (C=O) groups excluding carboxylic acids is 4. The van der Waals surface area contributed by atoms with Gasteiger partial charge in [-0.15, -0.1) is 0 Å². The molecule has 67 heavy (non-hydrogen) atoms. The standard InChI is InChI=1S/C50H54FN9O7/c1-29(2)43(57-49(63)65-3)47(61)59-19-7-11-41(59)45-53-27-39(55-45)32-14-13-31-25-38(52-26-34(31)23-32)36-16-15-33(24-37(36)51)40-28-54-46(56-40)42-12-8-20-60(42)48(62)44(30-9-5-4-6-10-30)58-50(64)67-35-17-21-66-22-18-35/h4-6,9-10,13-16,23-29,35,41-44H,7-8,11-12,17-22H2,1-3H3,(H,53,55)(H,54,56)(H,57,63)(H,58,64)/t41-,42-,43-,44+/m0/s1. The number of imidazole rings is 2. The number of methoxy groups -OCH3 is 1. The van der Waals surface area contributed by atoms with Gasteiger partial charge in [-0.1, -0.05) is 62.4 Å². The number of carbonyl (C=O) groups is 4. The number of rotatable bonds is 12. The largest absolute Gasteiger partial charge is 0.453 e. The molecule has 0 aliphatic carbocycles. The Morgan fingerprint density at radius 2 is 1.37 bits per heavy atom. The zero-order chi connectivity index (χ0) is 46.6. The third-order valence-electron chi connectivity index (χ3n) is 13.0. The highest BCUT2D eigenvalue weighted by molar-refractivity contribution is 5.90. The van der Waals surface area contributed by atoms with Crippen molar-refractivity contribution in [2.45, 2.75) is 82.6 Å². The molecule has 6 aromatic rings. The van der Waals surface area contributed by atoms with Crippen LogP contribution in [0.25, 0.3) is 44.5 Å². The van der Waals surface area contributed by atoms with E-state index in [4.69, 9.17) is 14.2 Å². The van der Waals surface area contributed by atoms with Crippen molar-refractivity contribution in [3.8, 4) is 33.8 Å². The number of likely N-dealkylation sites (tertiary alicyclic amines) is 2. The minimum atomic E-state index is -0.961. The first-order valence-electron chi connectivity index (χ1n) is 22.9. The summed E-state index contributed by atoms with van der Waals surface area (Å²) in [7, 11) is 1.27. The molecule has 3 saturated heterocycles. The number of aromatic nitrogens is 5. The van der Waals surface area contributed by atoms with Gasteiger partial charge in [0.05, 0.1) is 61.9 Å². The molecule has 3 aliphatic rings. The first-order valence-corrected chi connectivity index (χ1v) is 22.9. The molecule has 3 aliphatic heterocycles. The molecule has 348 valence electrons. The van der Waals surface area contributed by atoms with E-state index in [1.807, 2.05) is 74.5 Å². The summed E-state index contributed by atoms with van der Waals surface area (Å²) in [5, 5.41) is 7.24. The van der Waals surface area contributed by atoms with Crippen LogP contribution in [-0.2, 0) is 23.8 Å². The second kappa shape index (κ2) is 19.8. The summed E-state index contributed by atoms with van der Waals surface area (Å²) in [6, 6.07) is 19.5. The topological polar surface area (TPSA) is 197 Å². The van der Waals surface area contributed by atoms with Crippen molar-refractivity contribution < 1.29 is 37.8 Å². The fourth-order valence-corrected chi connectivity index (χ4v) is 9.36. The second-order valence-electron chi connectivity index (χ2n) is 17.6. The predicted octanol–water partition coefficient (Wildman–Crippen LogP) is 8.18. The lowest BCUT2D eigenvalue weighted by Crippen LogP contribution is -2.51. The number of hydrogen-bond acceptors (Lipinski definition) is 10. The van der Waals surface area contributed by atoms with Gasteiger partial charge in [0, 0.05) is 54.2 Å². The van der Waals surface area contributed by atoms with E-state index in [0.717, 1.165) is 41.3 Å². The lowest BCUT2D eigenvalue weighted by atomic mass is 10.0. The SMILES string of the molecule is COC(=O)N[C@H](C(=O)N1CCC[C@H]1c1ncc(-c2ccc3cc(-c4ccc(-c5cnc([C@@H]6CCCN6C(=O)[C@H](NC(=O)OC6CCOCC6)c6ccccc6)[nH]5)cc4F)ncc3c2)[nH]1)C(C)C. The fraction of sp³-hybridized carbons (Fsp3) is 0.380. The van der Waals surface area contributed by atoms with Gasteiger partial charge in [0.15, 0.2) is 0 Å². The Morgan fingerprint density at radius 1 is 0.731 bits per heavy atom. The van der Waals surface area contributed by atoms with Crippen LogP contribution in [0.3, 0.4) is 0 Å². The normalized spacial score (nSPS) is 18.5. The van der Waals surface area contributed by atoms with Gasteiger partial charge in [-0.05, 0) is 66.8 Å². The monoisotopic (exact) mass is 911 g/mol. The molecule has 0 unspecified atom stereocenters. The van der Waals surface area contributed by atoms with Crippen LogP contribution in [0.15, 0.2) is 91.4 Å². The Bertz CT molecular complexity index is 2750. The van der Waals surface area contributed by atoms with Crippen molar-refractivity contribution in [1.82, 2.24) is 45.4 Å². The van der Waals surface area contributed by atoms with E-state index in [1.54, 1.807) is 34.5 Å². The molecule has 9 rings (SSSR count).